The fourth-order valence-corrected chi connectivity index (χ4v) is 3.49. The van der Waals surface area contributed by atoms with E-state index in [1.807, 2.05) is 18.2 Å². The highest BCUT2D eigenvalue weighted by Crippen LogP contribution is 2.46. The fourth-order valence-electron chi connectivity index (χ4n) is 1.50. The Morgan fingerprint density at radius 2 is 2.13 bits per heavy atom. The standard InChI is InChI=1S/C11H6N2S2/c12-6-7-1-2-10-9(5-7)13-8-3-4-14-11(8)15-10/h1-5,13H. The van der Waals surface area contributed by atoms with E-state index >= 15 is 0 Å². The molecular weight excluding hydrogens is 224 g/mol. The molecule has 1 aromatic carbocycles. The third-order valence-corrected chi connectivity index (χ3v) is 4.44. The van der Waals surface area contributed by atoms with Gasteiger partial charge in [-0.3, -0.25) is 0 Å². The van der Waals surface area contributed by atoms with Crippen molar-refractivity contribution in [1.82, 2.24) is 0 Å². The summed E-state index contributed by atoms with van der Waals surface area (Å²) in [5, 5.41) is 14.2. The Morgan fingerprint density at radius 3 is 3.00 bits per heavy atom. The topological polar surface area (TPSA) is 35.8 Å². The summed E-state index contributed by atoms with van der Waals surface area (Å²) in [6.07, 6.45) is 0. The molecule has 0 aliphatic carbocycles. The highest BCUT2D eigenvalue weighted by molar-refractivity contribution is 8.01. The number of hydrogen-bond acceptors (Lipinski definition) is 4. The van der Waals surface area contributed by atoms with E-state index in [-0.39, 0.29) is 0 Å². The summed E-state index contributed by atoms with van der Waals surface area (Å²) < 4.78 is 1.28. The number of rotatable bonds is 0. The van der Waals surface area contributed by atoms with E-state index in [0.717, 1.165) is 11.4 Å². The zero-order valence-electron chi connectivity index (χ0n) is 7.65. The quantitative estimate of drug-likeness (QED) is 0.637. The van der Waals surface area contributed by atoms with Crippen molar-refractivity contribution in [2.24, 2.45) is 0 Å². The van der Waals surface area contributed by atoms with Crippen LogP contribution < -0.4 is 5.32 Å². The minimum Gasteiger partial charge on any atom is -0.353 e. The Kier molecular flexibility index (Phi) is 1.94. The van der Waals surface area contributed by atoms with Crippen LogP contribution in [0.1, 0.15) is 5.56 Å². The van der Waals surface area contributed by atoms with Gasteiger partial charge in [0.1, 0.15) is 0 Å². The molecule has 1 aliphatic rings. The minimum atomic E-state index is 0.695. The molecule has 0 radical (unpaired) electrons. The zero-order chi connectivity index (χ0) is 10.3. The Bertz CT molecular complexity index is 566. The van der Waals surface area contributed by atoms with Crippen LogP contribution in [0.2, 0.25) is 0 Å². The minimum absolute atomic E-state index is 0.695. The van der Waals surface area contributed by atoms with E-state index in [9.17, 15) is 0 Å². The van der Waals surface area contributed by atoms with Crippen molar-refractivity contribution in [2.45, 2.75) is 9.10 Å². The van der Waals surface area contributed by atoms with Crippen molar-refractivity contribution in [1.29, 1.82) is 5.26 Å². The Hall–Kier alpha value is -1.44. The number of nitrogens with zero attached hydrogens (tertiary/aromatic N) is 1. The number of fused-ring (bicyclic) bond motifs is 2. The van der Waals surface area contributed by atoms with Gasteiger partial charge in [0.05, 0.1) is 27.2 Å². The van der Waals surface area contributed by atoms with Crippen molar-refractivity contribution in [2.75, 3.05) is 5.32 Å². The maximum atomic E-state index is 8.81. The van der Waals surface area contributed by atoms with Gasteiger partial charge in [-0.2, -0.15) is 5.26 Å². The van der Waals surface area contributed by atoms with E-state index in [1.54, 1.807) is 23.1 Å². The van der Waals surface area contributed by atoms with Crippen LogP contribution in [0.15, 0.2) is 38.8 Å². The predicted octanol–water partition coefficient (Wildman–Crippen LogP) is 3.83. The van der Waals surface area contributed by atoms with Gasteiger partial charge in [-0.15, -0.1) is 11.3 Å². The maximum absolute atomic E-state index is 8.81. The van der Waals surface area contributed by atoms with Gasteiger partial charge in [-0.1, -0.05) is 11.8 Å². The molecule has 15 heavy (non-hydrogen) atoms. The lowest BCUT2D eigenvalue weighted by molar-refractivity contribution is 1.35. The zero-order valence-corrected chi connectivity index (χ0v) is 9.28. The summed E-state index contributed by atoms with van der Waals surface area (Å²) in [6, 6.07) is 9.95. The van der Waals surface area contributed by atoms with Gasteiger partial charge in [0, 0.05) is 4.90 Å². The molecule has 1 N–H and O–H groups in total. The molecule has 0 saturated carbocycles. The molecule has 4 heteroatoms. The third kappa shape index (κ3) is 1.41. The van der Waals surface area contributed by atoms with Crippen LogP contribution in [0, 0.1) is 11.3 Å². The van der Waals surface area contributed by atoms with Crippen LogP contribution in [-0.2, 0) is 0 Å². The number of hydrogen-bond donors (Lipinski definition) is 1. The molecule has 0 amide bonds. The SMILES string of the molecule is N#Cc1ccc2c(c1)Nc1ccsc1S2. The third-order valence-electron chi connectivity index (χ3n) is 2.21. The van der Waals surface area contributed by atoms with E-state index in [1.165, 1.54) is 9.10 Å². The first-order valence-electron chi connectivity index (χ1n) is 4.43. The molecule has 3 rings (SSSR count). The maximum Gasteiger partial charge on any atom is 0.0992 e. The van der Waals surface area contributed by atoms with Gasteiger partial charge in [0.2, 0.25) is 0 Å². The highest BCUT2D eigenvalue weighted by Gasteiger charge is 2.16. The Morgan fingerprint density at radius 1 is 1.20 bits per heavy atom. The molecule has 1 aliphatic heterocycles. The van der Waals surface area contributed by atoms with Crippen molar-refractivity contribution in [3.8, 4) is 6.07 Å². The van der Waals surface area contributed by atoms with Crippen LogP contribution in [0.4, 0.5) is 11.4 Å². The lowest BCUT2D eigenvalue weighted by Gasteiger charge is -2.17. The summed E-state index contributed by atoms with van der Waals surface area (Å²) in [5.74, 6) is 0. The summed E-state index contributed by atoms with van der Waals surface area (Å²) >= 11 is 3.49. The number of nitrogens with one attached hydrogen (secondary N) is 1. The molecular formula is C11H6N2S2. The van der Waals surface area contributed by atoms with Crippen molar-refractivity contribution < 1.29 is 0 Å². The molecule has 0 atom stereocenters. The molecule has 0 saturated heterocycles. The molecule has 72 valence electrons. The Balaban J connectivity index is 2.10. The summed E-state index contributed by atoms with van der Waals surface area (Å²) in [4.78, 5) is 1.18. The smallest absolute Gasteiger partial charge is 0.0992 e. The first-order chi connectivity index (χ1) is 7.36. The monoisotopic (exact) mass is 230 g/mol. The molecule has 0 bridgehead atoms. The molecule has 2 nitrogen and oxygen atoms in total. The van der Waals surface area contributed by atoms with Crippen LogP contribution in [0.25, 0.3) is 0 Å². The lowest BCUT2D eigenvalue weighted by Crippen LogP contribution is -1.97. The van der Waals surface area contributed by atoms with E-state index in [2.05, 4.69) is 22.8 Å². The largest absolute Gasteiger partial charge is 0.353 e. The fraction of sp³-hybridized carbons (Fsp3) is 0. The molecule has 2 heterocycles. The second-order valence-electron chi connectivity index (χ2n) is 3.17. The van der Waals surface area contributed by atoms with Crippen LogP contribution in [0.5, 0.6) is 0 Å². The average Bonchev–Trinajstić information content (AvgIpc) is 2.72. The van der Waals surface area contributed by atoms with Crippen molar-refractivity contribution in [3.05, 3.63) is 35.2 Å². The van der Waals surface area contributed by atoms with Crippen LogP contribution >= 0.6 is 23.1 Å². The second kappa shape index (κ2) is 3.30. The van der Waals surface area contributed by atoms with Gasteiger partial charge in [0.15, 0.2) is 0 Å². The molecule has 1 aromatic heterocycles. The van der Waals surface area contributed by atoms with E-state index in [4.69, 9.17) is 5.26 Å². The average molecular weight is 230 g/mol. The summed E-state index contributed by atoms with van der Waals surface area (Å²) in [7, 11) is 0. The van der Waals surface area contributed by atoms with Gasteiger partial charge in [-0.05, 0) is 29.6 Å². The van der Waals surface area contributed by atoms with Gasteiger partial charge in [-0.25, -0.2) is 0 Å². The number of benzene rings is 1. The Labute approximate surface area is 95.6 Å². The lowest BCUT2D eigenvalue weighted by atomic mass is 10.2. The predicted molar refractivity (Wildman–Crippen MR) is 62.9 cm³/mol. The summed E-state index contributed by atoms with van der Waals surface area (Å²) in [6.45, 7) is 0. The van der Waals surface area contributed by atoms with Crippen molar-refractivity contribution in [3.63, 3.8) is 0 Å². The highest BCUT2D eigenvalue weighted by atomic mass is 32.2. The van der Waals surface area contributed by atoms with Crippen LogP contribution in [0.3, 0.4) is 0 Å². The van der Waals surface area contributed by atoms with Crippen LogP contribution in [-0.4, -0.2) is 0 Å². The molecule has 0 unspecified atom stereocenters. The first-order valence-corrected chi connectivity index (χ1v) is 6.13. The van der Waals surface area contributed by atoms with E-state index < -0.39 is 0 Å². The normalized spacial score (nSPS) is 12.2. The van der Waals surface area contributed by atoms with E-state index in [0.29, 0.717) is 5.56 Å². The molecule has 2 aromatic rings. The van der Waals surface area contributed by atoms with Gasteiger partial charge in [0.25, 0.3) is 0 Å². The first kappa shape index (κ1) is 8.84. The summed E-state index contributed by atoms with van der Waals surface area (Å²) in [5.41, 5.74) is 2.87. The number of thiophene rings is 1. The molecule has 0 spiro atoms. The second-order valence-corrected chi connectivity index (χ2v) is 5.40. The van der Waals surface area contributed by atoms with Gasteiger partial charge < -0.3 is 5.32 Å². The molecule has 0 fully saturated rings. The number of anilines is 2. The van der Waals surface area contributed by atoms with Gasteiger partial charge >= 0.3 is 0 Å². The van der Waals surface area contributed by atoms with Crippen molar-refractivity contribution >= 4 is 34.5 Å². The number of nitriles is 1.